The average molecular weight is 416 g/mol. The molecule has 1 heterocycles. The summed E-state index contributed by atoms with van der Waals surface area (Å²) in [5.41, 5.74) is 1.21. The molecule has 0 radical (unpaired) electrons. The van der Waals surface area contributed by atoms with Gasteiger partial charge in [0, 0.05) is 10.0 Å². The van der Waals surface area contributed by atoms with Crippen molar-refractivity contribution < 1.29 is 9.53 Å². The molecule has 0 saturated carbocycles. The lowest BCUT2D eigenvalue weighted by atomic mass is 10.2. The van der Waals surface area contributed by atoms with Crippen LogP contribution in [-0.2, 0) is 6.61 Å². The van der Waals surface area contributed by atoms with E-state index >= 15 is 0 Å². The molecule has 134 valence electrons. The summed E-state index contributed by atoms with van der Waals surface area (Å²) in [7, 11) is 0. The number of halogens is 1. The molecule has 0 fully saturated rings. The second-order valence-electron chi connectivity index (χ2n) is 5.88. The molecule has 0 aliphatic heterocycles. The van der Waals surface area contributed by atoms with Gasteiger partial charge >= 0.3 is 0 Å². The first-order chi connectivity index (χ1) is 12.5. The lowest BCUT2D eigenvalue weighted by Crippen LogP contribution is -2.13. The molecule has 8 heteroatoms. The van der Waals surface area contributed by atoms with Crippen LogP contribution >= 0.6 is 15.9 Å². The molecule has 0 unspecified atom stereocenters. The Morgan fingerprint density at radius 3 is 2.81 bits per heavy atom. The van der Waals surface area contributed by atoms with E-state index in [9.17, 15) is 4.79 Å². The molecule has 1 aromatic heterocycles. The largest absolute Gasteiger partial charge is 0.486 e. The van der Waals surface area contributed by atoms with Crippen LogP contribution in [0.2, 0.25) is 0 Å². The average Bonchev–Trinajstić information content (AvgIpc) is 3.11. The quantitative estimate of drug-likeness (QED) is 0.660. The van der Waals surface area contributed by atoms with Crippen molar-refractivity contribution in [1.82, 2.24) is 20.2 Å². The number of aromatic nitrogens is 4. The molecule has 1 N–H and O–H groups in total. The number of hydrogen-bond donors (Lipinski definition) is 1. The number of carbonyl (C=O) groups excluding carboxylic acids is 1. The molecule has 0 aliphatic rings. The first-order valence-electron chi connectivity index (χ1n) is 8.10. The van der Waals surface area contributed by atoms with Crippen LogP contribution in [0.4, 0.5) is 5.69 Å². The van der Waals surface area contributed by atoms with Crippen molar-refractivity contribution in [2.75, 3.05) is 5.32 Å². The number of rotatable bonds is 6. The van der Waals surface area contributed by atoms with Crippen LogP contribution in [0.5, 0.6) is 5.75 Å². The number of amides is 1. The van der Waals surface area contributed by atoms with Gasteiger partial charge < -0.3 is 10.1 Å². The Bertz CT molecular complexity index is 910. The van der Waals surface area contributed by atoms with Crippen molar-refractivity contribution in [3.05, 3.63) is 64.4 Å². The monoisotopic (exact) mass is 415 g/mol. The number of benzene rings is 2. The van der Waals surface area contributed by atoms with E-state index in [-0.39, 0.29) is 18.6 Å². The van der Waals surface area contributed by atoms with Crippen LogP contribution in [-0.4, -0.2) is 26.1 Å². The van der Waals surface area contributed by atoms with Crippen LogP contribution in [0, 0.1) is 0 Å². The third kappa shape index (κ3) is 4.26. The van der Waals surface area contributed by atoms with E-state index in [2.05, 4.69) is 36.8 Å². The molecular weight excluding hydrogens is 398 g/mol. The first-order valence-corrected chi connectivity index (χ1v) is 8.89. The number of carbonyl (C=O) groups is 1. The topological polar surface area (TPSA) is 81.9 Å². The van der Waals surface area contributed by atoms with Crippen molar-refractivity contribution >= 4 is 27.5 Å². The fourth-order valence-electron chi connectivity index (χ4n) is 2.34. The summed E-state index contributed by atoms with van der Waals surface area (Å²) >= 11 is 3.42. The number of hydrogen-bond acceptors (Lipinski definition) is 5. The maximum Gasteiger partial charge on any atom is 0.255 e. The molecule has 0 saturated heterocycles. The number of anilines is 1. The van der Waals surface area contributed by atoms with Crippen LogP contribution in [0.1, 0.15) is 36.1 Å². The zero-order valence-corrected chi connectivity index (χ0v) is 16.0. The van der Waals surface area contributed by atoms with Gasteiger partial charge in [0.1, 0.15) is 12.4 Å². The van der Waals surface area contributed by atoms with E-state index < -0.39 is 0 Å². The maximum absolute atomic E-state index is 12.5. The minimum atomic E-state index is -0.214. The van der Waals surface area contributed by atoms with Crippen molar-refractivity contribution in [2.45, 2.75) is 26.5 Å². The zero-order valence-electron chi connectivity index (χ0n) is 14.4. The van der Waals surface area contributed by atoms with Crippen LogP contribution in [0.3, 0.4) is 0 Å². The van der Waals surface area contributed by atoms with Gasteiger partial charge in [0.15, 0.2) is 5.82 Å². The van der Waals surface area contributed by atoms with Crippen LogP contribution < -0.4 is 10.1 Å². The predicted octanol–water partition coefficient (Wildman–Crippen LogP) is 3.85. The highest BCUT2D eigenvalue weighted by molar-refractivity contribution is 9.10. The summed E-state index contributed by atoms with van der Waals surface area (Å²) in [4.78, 5) is 12.5. The maximum atomic E-state index is 12.5. The van der Waals surface area contributed by atoms with E-state index in [1.807, 2.05) is 38.1 Å². The molecule has 3 aromatic rings. The third-order valence-electron chi connectivity index (χ3n) is 3.64. The highest BCUT2D eigenvalue weighted by Gasteiger charge is 2.12. The standard InChI is InChI=1S/C18H18BrN5O2/c1-12(2)24-17(21-22-23-24)11-26-14-7-5-6-13(10-14)18(25)20-16-9-4-3-8-15(16)19/h3-10,12H,11H2,1-2H3,(H,20,25). The van der Waals surface area contributed by atoms with Crippen molar-refractivity contribution in [3.63, 3.8) is 0 Å². The van der Waals surface area contributed by atoms with E-state index in [1.54, 1.807) is 28.9 Å². The van der Waals surface area contributed by atoms with Gasteiger partial charge in [-0.15, -0.1) is 5.10 Å². The number of tetrazole rings is 1. The number of nitrogens with zero attached hydrogens (tertiary/aromatic N) is 4. The van der Waals surface area contributed by atoms with Gasteiger partial charge in [-0.2, -0.15) is 0 Å². The Hall–Kier alpha value is -2.74. The molecule has 26 heavy (non-hydrogen) atoms. The number of ether oxygens (including phenoxy) is 1. The molecule has 2 aromatic carbocycles. The Kier molecular flexibility index (Phi) is 5.62. The molecule has 7 nitrogen and oxygen atoms in total. The Balaban J connectivity index is 1.69. The van der Waals surface area contributed by atoms with E-state index in [1.165, 1.54) is 0 Å². The third-order valence-corrected chi connectivity index (χ3v) is 4.33. The van der Waals surface area contributed by atoms with Gasteiger partial charge in [-0.1, -0.05) is 18.2 Å². The summed E-state index contributed by atoms with van der Waals surface area (Å²) in [5.74, 6) is 0.987. The summed E-state index contributed by atoms with van der Waals surface area (Å²) < 4.78 is 8.27. The molecule has 1 amide bonds. The van der Waals surface area contributed by atoms with Gasteiger partial charge in [0.05, 0.1) is 11.7 Å². The summed E-state index contributed by atoms with van der Waals surface area (Å²) in [6.07, 6.45) is 0. The Morgan fingerprint density at radius 1 is 1.23 bits per heavy atom. The first kappa shape index (κ1) is 18.1. The van der Waals surface area contributed by atoms with E-state index in [4.69, 9.17) is 4.74 Å². The zero-order chi connectivity index (χ0) is 18.5. The van der Waals surface area contributed by atoms with E-state index in [0.29, 0.717) is 22.8 Å². The fraction of sp³-hybridized carbons (Fsp3) is 0.222. The number of nitrogens with one attached hydrogen (secondary N) is 1. The second-order valence-corrected chi connectivity index (χ2v) is 6.74. The minimum absolute atomic E-state index is 0.144. The molecule has 0 aliphatic carbocycles. The van der Waals surface area contributed by atoms with E-state index in [0.717, 1.165) is 4.47 Å². The SMILES string of the molecule is CC(C)n1nnnc1COc1cccc(C(=O)Nc2ccccc2Br)c1. The smallest absolute Gasteiger partial charge is 0.255 e. The highest BCUT2D eigenvalue weighted by Crippen LogP contribution is 2.23. The lowest BCUT2D eigenvalue weighted by molar-refractivity contribution is 0.102. The molecule has 0 spiro atoms. The van der Waals surface area contributed by atoms with Crippen LogP contribution in [0.25, 0.3) is 0 Å². The molecular formula is C18H18BrN5O2. The normalized spacial score (nSPS) is 10.8. The van der Waals surface area contributed by atoms with Gasteiger partial charge in [-0.3, -0.25) is 4.79 Å². The van der Waals surface area contributed by atoms with Gasteiger partial charge in [-0.05, 0) is 70.5 Å². The minimum Gasteiger partial charge on any atom is -0.486 e. The summed E-state index contributed by atoms with van der Waals surface area (Å²) in [6, 6.07) is 14.6. The van der Waals surface area contributed by atoms with Gasteiger partial charge in [0.25, 0.3) is 5.91 Å². The summed E-state index contributed by atoms with van der Waals surface area (Å²) in [6.45, 7) is 4.21. The summed E-state index contributed by atoms with van der Waals surface area (Å²) in [5, 5.41) is 14.4. The Labute approximate surface area is 159 Å². The molecule has 0 bridgehead atoms. The lowest BCUT2D eigenvalue weighted by Gasteiger charge is -2.11. The number of para-hydroxylation sites is 1. The predicted molar refractivity (Wildman–Crippen MR) is 101 cm³/mol. The fourth-order valence-corrected chi connectivity index (χ4v) is 2.72. The van der Waals surface area contributed by atoms with Crippen molar-refractivity contribution in [2.24, 2.45) is 0 Å². The van der Waals surface area contributed by atoms with Gasteiger partial charge in [0.2, 0.25) is 0 Å². The Morgan fingerprint density at radius 2 is 2.04 bits per heavy atom. The second kappa shape index (κ2) is 8.09. The molecule has 3 rings (SSSR count). The van der Waals surface area contributed by atoms with Crippen molar-refractivity contribution in [3.8, 4) is 5.75 Å². The van der Waals surface area contributed by atoms with Gasteiger partial charge in [-0.25, -0.2) is 4.68 Å². The highest BCUT2D eigenvalue weighted by atomic mass is 79.9. The van der Waals surface area contributed by atoms with Crippen molar-refractivity contribution in [1.29, 1.82) is 0 Å². The molecule has 0 atom stereocenters. The van der Waals surface area contributed by atoms with Crippen LogP contribution in [0.15, 0.2) is 53.0 Å².